The summed E-state index contributed by atoms with van der Waals surface area (Å²) in [5.41, 5.74) is 8.54. The summed E-state index contributed by atoms with van der Waals surface area (Å²) in [6, 6.07) is 37.7. The number of fused-ring (bicyclic) bond motifs is 1. The van der Waals surface area contributed by atoms with Crippen LogP contribution in [0.5, 0.6) is 28.7 Å². The second-order valence-electron chi connectivity index (χ2n) is 16.1. The fourth-order valence-electron chi connectivity index (χ4n) is 8.36. The Hall–Kier alpha value is -6.49. The van der Waals surface area contributed by atoms with Crippen LogP contribution in [0.4, 0.5) is 5.82 Å². The van der Waals surface area contributed by atoms with Crippen LogP contribution >= 0.6 is 0 Å². The highest BCUT2D eigenvalue weighted by molar-refractivity contribution is 6.05. The molecule has 0 aliphatic carbocycles. The molecule has 2 atom stereocenters. The van der Waals surface area contributed by atoms with Gasteiger partial charge in [0.05, 0.1) is 26.4 Å². The molecule has 1 saturated heterocycles. The summed E-state index contributed by atoms with van der Waals surface area (Å²) in [7, 11) is 1.58. The molecule has 2 aliphatic heterocycles. The zero-order chi connectivity index (χ0) is 43.5. The maximum absolute atomic E-state index is 12.0. The van der Waals surface area contributed by atoms with E-state index in [0.717, 1.165) is 83.1 Å². The normalized spacial score (nSPS) is 15.5. The fraction of sp³-hybridized carbons (Fsp3) is 0.302. The number of phenolic OH excluding ortho intramolecular Hbond substituents is 1. The van der Waals surface area contributed by atoms with Crippen molar-refractivity contribution in [3.8, 4) is 39.9 Å². The van der Waals surface area contributed by atoms with E-state index >= 15 is 0 Å². The number of hydrogen-bond acceptors (Lipinski definition) is 8. The first-order chi connectivity index (χ1) is 30.9. The van der Waals surface area contributed by atoms with Crippen LogP contribution in [0.1, 0.15) is 64.9 Å². The molecule has 3 heterocycles. The van der Waals surface area contributed by atoms with Crippen LogP contribution in [-0.2, 0) is 25.7 Å². The first-order valence-electron chi connectivity index (χ1n) is 22.1. The van der Waals surface area contributed by atoms with Crippen molar-refractivity contribution >= 4 is 17.7 Å². The summed E-state index contributed by atoms with van der Waals surface area (Å²) in [6.07, 6.45) is 5.39. The zero-order valence-electron chi connectivity index (χ0n) is 36.1. The Labute approximate surface area is 370 Å². The second kappa shape index (κ2) is 20.6. The minimum absolute atomic E-state index is 0.0853. The number of ketones is 1. The van der Waals surface area contributed by atoms with Crippen molar-refractivity contribution < 1.29 is 34.0 Å². The van der Waals surface area contributed by atoms with Crippen LogP contribution < -0.4 is 34.1 Å². The number of anilines is 1. The number of aromatic hydroxyl groups is 1. The minimum atomic E-state index is -0.776. The lowest BCUT2D eigenvalue weighted by atomic mass is 9.90. The monoisotopic (exact) mass is 847 g/mol. The maximum atomic E-state index is 12.0. The quantitative estimate of drug-likeness (QED) is 0.0729. The van der Waals surface area contributed by atoms with Gasteiger partial charge in [0.15, 0.2) is 17.1 Å². The van der Waals surface area contributed by atoms with Crippen molar-refractivity contribution in [3.63, 3.8) is 0 Å². The summed E-state index contributed by atoms with van der Waals surface area (Å²) >= 11 is 0. The molecule has 10 nitrogen and oxygen atoms in total. The van der Waals surface area contributed by atoms with Crippen LogP contribution in [0.15, 0.2) is 121 Å². The third-order valence-electron chi connectivity index (χ3n) is 11.7. The number of aliphatic hydroxyl groups is 1. The van der Waals surface area contributed by atoms with E-state index in [4.69, 9.17) is 23.9 Å². The van der Waals surface area contributed by atoms with Crippen molar-refractivity contribution in [2.75, 3.05) is 51.4 Å². The SMILES string of the molecule is CCc1cc(-c2cccc(CCc3c(OCCc4ccccc4)c(OC)c(OCC[C@@H](O)/C=C/c4ccccc4)c4c3OC(c3ccc(O)cc3)CC4=[OH+])c2)c(N2CCNCC2)[n-]1. The molecule has 10 heteroatoms. The molecule has 2 aliphatic rings. The summed E-state index contributed by atoms with van der Waals surface area (Å²) < 4.78 is 26.4. The van der Waals surface area contributed by atoms with Crippen molar-refractivity contribution in [2.45, 2.75) is 57.7 Å². The molecule has 0 radical (unpaired) electrons. The van der Waals surface area contributed by atoms with Gasteiger partial charge in [0.2, 0.25) is 5.75 Å². The van der Waals surface area contributed by atoms with E-state index in [1.54, 1.807) is 25.3 Å². The van der Waals surface area contributed by atoms with Gasteiger partial charge in [0, 0.05) is 18.4 Å². The van der Waals surface area contributed by atoms with Crippen molar-refractivity contribution in [2.24, 2.45) is 0 Å². The average molecular weight is 848 g/mol. The number of phenols is 1. The molecule has 1 fully saturated rings. The van der Waals surface area contributed by atoms with E-state index < -0.39 is 12.2 Å². The molecule has 0 saturated carbocycles. The van der Waals surface area contributed by atoms with Gasteiger partial charge in [-0.2, -0.15) is 0 Å². The van der Waals surface area contributed by atoms with Gasteiger partial charge >= 0.3 is 5.78 Å². The Balaban J connectivity index is 1.16. The molecule has 1 aromatic heterocycles. The molecule has 0 spiro atoms. The third-order valence-corrected chi connectivity index (χ3v) is 11.7. The minimum Gasteiger partial charge on any atom is -0.508 e. The van der Waals surface area contributed by atoms with Crippen LogP contribution in [0.25, 0.3) is 17.2 Å². The van der Waals surface area contributed by atoms with E-state index in [-0.39, 0.29) is 31.0 Å². The van der Waals surface area contributed by atoms with Gasteiger partial charge in [-0.05, 0) is 91.0 Å². The van der Waals surface area contributed by atoms with E-state index in [2.05, 4.69) is 59.6 Å². The summed E-state index contributed by atoms with van der Waals surface area (Å²) in [5, 5.41) is 24.5. The van der Waals surface area contributed by atoms with Crippen molar-refractivity contribution in [1.29, 1.82) is 0 Å². The van der Waals surface area contributed by atoms with Crippen LogP contribution in [-0.4, -0.2) is 73.4 Å². The number of aromatic nitrogens is 1. The molecule has 5 aromatic carbocycles. The number of ether oxygens (including phenoxy) is 4. The Bertz CT molecular complexity index is 2480. The van der Waals surface area contributed by atoms with Gasteiger partial charge in [-0.15, -0.1) is 0 Å². The van der Waals surface area contributed by atoms with Gasteiger partial charge in [0.25, 0.3) is 0 Å². The van der Waals surface area contributed by atoms with Gasteiger partial charge in [0.1, 0.15) is 24.0 Å². The highest BCUT2D eigenvalue weighted by Gasteiger charge is 2.41. The highest BCUT2D eigenvalue weighted by Crippen LogP contribution is 2.53. The molecular weight excluding hydrogens is 791 g/mol. The van der Waals surface area contributed by atoms with Crippen LogP contribution in [0.3, 0.4) is 0 Å². The van der Waals surface area contributed by atoms with E-state index in [1.165, 1.54) is 0 Å². The molecule has 8 rings (SSSR count). The largest absolute Gasteiger partial charge is 0.508 e. The second-order valence-corrected chi connectivity index (χ2v) is 16.1. The lowest BCUT2D eigenvalue weighted by Gasteiger charge is -2.37. The number of aliphatic hydroxyl groups excluding tert-OH is 1. The fourth-order valence-corrected chi connectivity index (χ4v) is 8.36. The molecule has 326 valence electrons. The number of benzene rings is 5. The zero-order valence-corrected chi connectivity index (χ0v) is 36.1. The molecule has 4 N–H and O–H groups in total. The molecule has 6 aromatic rings. The number of nitrogens with zero attached hydrogens (tertiary/aromatic N) is 2. The van der Waals surface area contributed by atoms with Gasteiger partial charge in [-0.3, -0.25) is 4.79 Å². The summed E-state index contributed by atoms with van der Waals surface area (Å²) in [6.45, 7) is 6.29. The standard InChI is InChI=1S/C53H56N3O7/c1-3-41-34-45(53(55-41)56-29-27-54-28-30-56)40-16-10-15-38(33-40)18-24-44-49-48(46(59)35-47(63-49)39-19-22-42(57)23-20-39)51(62-32-26-43(58)21-17-36-11-6-4-7-12-36)52(60-2)50(44)61-31-25-37-13-8-5-9-14-37/h4-17,19-23,33-34,43,47,54,57-58H,3,18,24-32,35H2,1-2H3/q-1/p+1/b21-17+/t43-,47?/m0/s1. The van der Waals surface area contributed by atoms with Gasteiger partial charge < -0.3 is 44.4 Å². The van der Waals surface area contributed by atoms with Crippen molar-refractivity contribution in [3.05, 3.63) is 160 Å². The number of methoxy groups -OCH3 is 1. The predicted octanol–water partition coefficient (Wildman–Crippen LogP) is 8.66. The summed E-state index contributed by atoms with van der Waals surface area (Å²) in [4.78, 5) is 19.5. The van der Waals surface area contributed by atoms with Gasteiger partial charge in [-0.25, -0.2) is 0 Å². The number of hydrogen-bond donors (Lipinski definition) is 3. The lowest BCUT2D eigenvalue weighted by molar-refractivity contribution is 0.171. The van der Waals surface area contributed by atoms with E-state index in [0.29, 0.717) is 54.4 Å². The maximum Gasteiger partial charge on any atom is 0.335 e. The van der Waals surface area contributed by atoms with Gasteiger partial charge in [-0.1, -0.05) is 134 Å². The number of carbonyl (C=O) groups excluding carboxylic acids is 1. The van der Waals surface area contributed by atoms with Crippen LogP contribution in [0.2, 0.25) is 0 Å². The molecule has 1 unspecified atom stereocenters. The topological polar surface area (TPSA) is 128 Å². The van der Waals surface area contributed by atoms with Crippen LogP contribution in [0, 0.1) is 0 Å². The molecule has 0 bridgehead atoms. The first-order valence-corrected chi connectivity index (χ1v) is 22.1. The average Bonchev–Trinajstić information content (AvgIpc) is 3.77. The molecular formula is C53H57N3O7. The number of nitrogens with one attached hydrogen (secondary N) is 1. The number of rotatable bonds is 18. The van der Waals surface area contributed by atoms with E-state index in [9.17, 15) is 15.0 Å². The third kappa shape index (κ3) is 10.4. The van der Waals surface area contributed by atoms with E-state index in [1.807, 2.05) is 66.7 Å². The molecule has 63 heavy (non-hydrogen) atoms. The Morgan fingerprint density at radius 2 is 1.57 bits per heavy atom. The highest BCUT2D eigenvalue weighted by atomic mass is 16.5. The number of piperazine rings is 1. The smallest absolute Gasteiger partial charge is 0.335 e. The first kappa shape index (κ1) is 43.2. The molecule has 0 amide bonds. The summed E-state index contributed by atoms with van der Waals surface area (Å²) in [5.74, 6) is 2.85. The van der Waals surface area contributed by atoms with Crippen molar-refractivity contribution in [1.82, 2.24) is 10.3 Å². The lowest BCUT2D eigenvalue weighted by Crippen LogP contribution is -2.44. The Kier molecular flexibility index (Phi) is 14.1. The number of aryl methyl sites for hydroxylation is 2. The Morgan fingerprint density at radius 1 is 0.841 bits per heavy atom. The predicted molar refractivity (Wildman–Crippen MR) is 249 cm³/mol. The Morgan fingerprint density at radius 3 is 2.32 bits per heavy atom.